The first-order valence-corrected chi connectivity index (χ1v) is 4.47. The van der Waals surface area contributed by atoms with Gasteiger partial charge in [0.2, 0.25) is 0 Å². The zero-order valence-electron chi connectivity index (χ0n) is 7.08. The Kier molecular flexibility index (Phi) is 3.57. The lowest BCUT2D eigenvalue weighted by Gasteiger charge is -1.90. The first-order chi connectivity index (χ1) is 5.38. The Hall–Kier alpha value is -0.370. The molecular formula is C9H16O2. The smallest absolute Gasteiger partial charge is 0.120 e. The zero-order chi connectivity index (χ0) is 8.10. The molecule has 1 aliphatic heterocycles. The summed E-state index contributed by atoms with van der Waals surface area (Å²) in [5.74, 6) is 0. The first kappa shape index (κ1) is 8.72. The van der Waals surface area contributed by atoms with Crippen LogP contribution in [-0.2, 0) is 9.53 Å². The third kappa shape index (κ3) is 3.02. The van der Waals surface area contributed by atoms with Crippen molar-refractivity contribution in [3.05, 3.63) is 0 Å². The number of hydrogen-bond acceptors (Lipinski definition) is 2. The van der Waals surface area contributed by atoms with Crippen molar-refractivity contribution in [1.29, 1.82) is 0 Å². The summed E-state index contributed by atoms with van der Waals surface area (Å²) in [6.45, 7) is 2.18. The highest BCUT2D eigenvalue weighted by atomic mass is 16.6. The summed E-state index contributed by atoms with van der Waals surface area (Å²) in [7, 11) is 0. The number of ether oxygens (including phenoxy) is 1. The number of carbonyl (C=O) groups excluding carboxylic acids is 1. The molecule has 1 rings (SSSR count). The summed E-state index contributed by atoms with van der Waals surface area (Å²) in [6.07, 6.45) is 7.12. The minimum absolute atomic E-state index is 0.409. The predicted octanol–water partition coefficient (Wildman–Crippen LogP) is 1.92. The van der Waals surface area contributed by atoms with Crippen molar-refractivity contribution in [3.63, 3.8) is 0 Å². The lowest BCUT2D eigenvalue weighted by Crippen LogP contribution is -1.94. The van der Waals surface area contributed by atoms with Gasteiger partial charge in [-0.2, -0.15) is 0 Å². The molecule has 1 saturated heterocycles. The molecule has 0 saturated carbocycles. The van der Waals surface area contributed by atoms with Gasteiger partial charge in [0.05, 0.1) is 12.2 Å². The standard InChI is InChI=1S/C9H16O2/c1-2-3-5-8-9(11-8)6-4-7-10/h7-9H,2-6H2,1H3/t8-,9+/m0/s1. The molecule has 1 fully saturated rings. The van der Waals surface area contributed by atoms with E-state index in [1.807, 2.05) is 0 Å². The van der Waals surface area contributed by atoms with E-state index in [2.05, 4.69) is 6.92 Å². The molecule has 2 atom stereocenters. The highest BCUT2D eigenvalue weighted by Crippen LogP contribution is 2.30. The molecule has 1 aliphatic rings. The maximum absolute atomic E-state index is 10.0. The van der Waals surface area contributed by atoms with E-state index in [1.165, 1.54) is 19.3 Å². The van der Waals surface area contributed by atoms with Crippen LogP contribution in [-0.4, -0.2) is 18.5 Å². The molecule has 0 aromatic carbocycles. The largest absolute Gasteiger partial charge is 0.370 e. The van der Waals surface area contributed by atoms with Crippen LogP contribution >= 0.6 is 0 Å². The van der Waals surface area contributed by atoms with Gasteiger partial charge in [0.1, 0.15) is 6.29 Å². The molecule has 0 unspecified atom stereocenters. The van der Waals surface area contributed by atoms with E-state index in [-0.39, 0.29) is 0 Å². The number of rotatable bonds is 6. The second-order valence-electron chi connectivity index (χ2n) is 3.10. The zero-order valence-corrected chi connectivity index (χ0v) is 7.08. The van der Waals surface area contributed by atoms with E-state index in [1.54, 1.807) is 0 Å². The minimum atomic E-state index is 0.409. The third-order valence-electron chi connectivity index (χ3n) is 2.10. The highest BCUT2D eigenvalue weighted by Gasteiger charge is 2.36. The lowest BCUT2D eigenvalue weighted by molar-refractivity contribution is -0.108. The molecule has 2 nitrogen and oxygen atoms in total. The van der Waals surface area contributed by atoms with E-state index in [9.17, 15) is 4.79 Å². The lowest BCUT2D eigenvalue weighted by atomic mass is 10.1. The average molecular weight is 156 g/mol. The van der Waals surface area contributed by atoms with Crippen molar-refractivity contribution < 1.29 is 9.53 Å². The average Bonchev–Trinajstić information content (AvgIpc) is 2.76. The van der Waals surface area contributed by atoms with Crippen LogP contribution in [0.2, 0.25) is 0 Å². The van der Waals surface area contributed by atoms with Crippen LogP contribution in [0, 0.1) is 0 Å². The van der Waals surface area contributed by atoms with Crippen LogP contribution in [0.1, 0.15) is 39.0 Å². The molecular weight excluding hydrogens is 140 g/mol. The molecule has 0 radical (unpaired) electrons. The number of unbranched alkanes of at least 4 members (excludes halogenated alkanes) is 1. The topological polar surface area (TPSA) is 29.6 Å². The van der Waals surface area contributed by atoms with Crippen molar-refractivity contribution in [1.82, 2.24) is 0 Å². The molecule has 0 aromatic rings. The fourth-order valence-electron chi connectivity index (χ4n) is 1.32. The fraction of sp³-hybridized carbons (Fsp3) is 0.889. The van der Waals surface area contributed by atoms with Gasteiger partial charge >= 0.3 is 0 Å². The van der Waals surface area contributed by atoms with Crippen molar-refractivity contribution in [2.24, 2.45) is 0 Å². The summed E-state index contributed by atoms with van der Waals surface area (Å²) in [6, 6.07) is 0. The third-order valence-corrected chi connectivity index (χ3v) is 2.10. The Balaban J connectivity index is 1.93. The Labute approximate surface area is 67.9 Å². The highest BCUT2D eigenvalue weighted by molar-refractivity contribution is 5.49. The van der Waals surface area contributed by atoms with Crippen molar-refractivity contribution in [2.75, 3.05) is 0 Å². The summed E-state index contributed by atoms with van der Waals surface area (Å²) < 4.78 is 5.36. The molecule has 2 heteroatoms. The Bertz CT molecular complexity index is 123. The molecule has 0 aromatic heterocycles. The van der Waals surface area contributed by atoms with E-state index in [0.29, 0.717) is 18.6 Å². The second-order valence-corrected chi connectivity index (χ2v) is 3.10. The van der Waals surface area contributed by atoms with Crippen molar-refractivity contribution in [2.45, 2.75) is 51.2 Å². The van der Waals surface area contributed by atoms with E-state index < -0.39 is 0 Å². The summed E-state index contributed by atoms with van der Waals surface area (Å²) in [5.41, 5.74) is 0. The van der Waals surface area contributed by atoms with E-state index >= 15 is 0 Å². The monoisotopic (exact) mass is 156 g/mol. The van der Waals surface area contributed by atoms with Gasteiger partial charge in [-0.3, -0.25) is 0 Å². The first-order valence-electron chi connectivity index (χ1n) is 4.47. The van der Waals surface area contributed by atoms with Gasteiger partial charge in [-0.15, -0.1) is 0 Å². The Morgan fingerprint density at radius 1 is 1.36 bits per heavy atom. The van der Waals surface area contributed by atoms with Crippen LogP contribution < -0.4 is 0 Å². The summed E-state index contributed by atoms with van der Waals surface area (Å²) >= 11 is 0. The maximum atomic E-state index is 10.0. The van der Waals surface area contributed by atoms with Crippen LogP contribution in [0.15, 0.2) is 0 Å². The Morgan fingerprint density at radius 3 is 2.73 bits per heavy atom. The quantitative estimate of drug-likeness (QED) is 0.434. The van der Waals surface area contributed by atoms with Gasteiger partial charge in [0, 0.05) is 6.42 Å². The summed E-state index contributed by atoms with van der Waals surface area (Å²) in [4.78, 5) is 10.0. The predicted molar refractivity (Wildman–Crippen MR) is 43.5 cm³/mol. The van der Waals surface area contributed by atoms with Crippen LogP contribution in [0.4, 0.5) is 0 Å². The van der Waals surface area contributed by atoms with E-state index in [0.717, 1.165) is 12.7 Å². The van der Waals surface area contributed by atoms with Gasteiger partial charge in [0.25, 0.3) is 0 Å². The number of hydrogen-bond donors (Lipinski definition) is 0. The van der Waals surface area contributed by atoms with Gasteiger partial charge < -0.3 is 9.53 Å². The normalized spacial score (nSPS) is 28.5. The van der Waals surface area contributed by atoms with Gasteiger partial charge in [0.15, 0.2) is 0 Å². The molecule has 1 heterocycles. The molecule has 0 N–H and O–H groups in total. The van der Waals surface area contributed by atoms with Gasteiger partial charge in [-0.05, 0) is 12.8 Å². The summed E-state index contributed by atoms with van der Waals surface area (Å²) in [5, 5.41) is 0. The van der Waals surface area contributed by atoms with Gasteiger partial charge in [-0.25, -0.2) is 0 Å². The van der Waals surface area contributed by atoms with E-state index in [4.69, 9.17) is 4.74 Å². The van der Waals surface area contributed by atoms with Gasteiger partial charge in [-0.1, -0.05) is 19.8 Å². The van der Waals surface area contributed by atoms with Crippen LogP contribution in [0.5, 0.6) is 0 Å². The minimum Gasteiger partial charge on any atom is -0.370 e. The molecule has 64 valence electrons. The molecule has 0 bridgehead atoms. The molecule has 0 aliphatic carbocycles. The maximum Gasteiger partial charge on any atom is 0.120 e. The molecule has 11 heavy (non-hydrogen) atoms. The van der Waals surface area contributed by atoms with Crippen LogP contribution in [0.25, 0.3) is 0 Å². The van der Waals surface area contributed by atoms with Crippen molar-refractivity contribution in [3.8, 4) is 0 Å². The van der Waals surface area contributed by atoms with Crippen molar-refractivity contribution >= 4 is 6.29 Å². The number of epoxide rings is 1. The number of aldehydes is 1. The fourth-order valence-corrected chi connectivity index (χ4v) is 1.32. The Morgan fingerprint density at radius 2 is 2.09 bits per heavy atom. The second kappa shape index (κ2) is 4.50. The molecule has 0 amide bonds. The molecule has 0 spiro atoms. The number of carbonyl (C=O) groups is 1. The SMILES string of the molecule is CCCC[C@@H]1O[C@@H]1CCC=O. The van der Waals surface area contributed by atoms with Crippen LogP contribution in [0.3, 0.4) is 0 Å².